The van der Waals surface area contributed by atoms with Crippen molar-refractivity contribution in [1.82, 2.24) is 0 Å². The second-order valence-electron chi connectivity index (χ2n) is 3.26. The van der Waals surface area contributed by atoms with E-state index < -0.39 is 6.03 Å². The van der Waals surface area contributed by atoms with Gasteiger partial charge in [0, 0.05) is 5.69 Å². The van der Waals surface area contributed by atoms with Crippen molar-refractivity contribution in [3.8, 4) is 5.75 Å². The van der Waals surface area contributed by atoms with Crippen molar-refractivity contribution in [1.29, 1.82) is 0 Å². The van der Waals surface area contributed by atoms with Crippen LogP contribution in [0.15, 0.2) is 18.2 Å². The predicted molar refractivity (Wildman–Crippen MR) is 53.5 cm³/mol. The summed E-state index contributed by atoms with van der Waals surface area (Å²) in [5.41, 5.74) is 6.87. The highest BCUT2D eigenvalue weighted by atomic mass is 16.5. The van der Waals surface area contributed by atoms with E-state index in [1.54, 1.807) is 6.07 Å². The van der Waals surface area contributed by atoms with Crippen LogP contribution in [0.4, 0.5) is 10.5 Å². The van der Waals surface area contributed by atoms with Crippen molar-refractivity contribution in [3.63, 3.8) is 0 Å². The molecule has 0 spiro atoms. The summed E-state index contributed by atoms with van der Waals surface area (Å²) in [6.45, 7) is 0.773. The van der Waals surface area contributed by atoms with E-state index in [1.807, 2.05) is 12.1 Å². The molecule has 1 aromatic rings. The zero-order valence-corrected chi connectivity index (χ0v) is 7.75. The summed E-state index contributed by atoms with van der Waals surface area (Å²) < 4.78 is 5.44. The average Bonchev–Trinajstić information content (AvgIpc) is 2.17. The number of nitrogens with two attached hydrogens (primary N) is 1. The number of hydrogen-bond donors (Lipinski definition) is 2. The lowest BCUT2D eigenvalue weighted by Crippen LogP contribution is -2.19. The zero-order valence-electron chi connectivity index (χ0n) is 7.75. The number of benzene rings is 1. The molecule has 1 heterocycles. The number of fused-ring (bicyclic) bond motifs is 1. The fourth-order valence-electron chi connectivity index (χ4n) is 1.58. The standard InChI is InChI=1S/C10H12N2O2/c11-10(13)12-8-3-4-9-7(6-8)2-1-5-14-9/h3-4,6H,1-2,5H2,(H3,11,12,13). The first kappa shape index (κ1) is 8.87. The summed E-state index contributed by atoms with van der Waals surface area (Å²) in [7, 11) is 0. The fraction of sp³-hybridized carbons (Fsp3) is 0.300. The van der Waals surface area contributed by atoms with Crippen molar-refractivity contribution < 1.29 is 9.53 Å². The van der Waals surface area contributed by atoms with Gasteiger partial charge in [0.1, 0.15) is 5.75 Å². The molecule has 2 amide bonds. The van der Waals surface area contributed by atoms with Crippen LogP contribution in [0, 0.1) is 0 Å². The predicted octanol–water partition coefficient (Wildman–Crippen LogP) is 1.50. The van der Waals surface area contributed by atoms with Crippen LogP contribution in [0.5, 0.6) is 5.75 Å². The summed E-state index contributed by atoms with van der Waals surface area (Å²) in [6, 6.07) is 5.01. The molecule has 0 aromatic heterocycles. The number of ether oxygens (including phenoxy) is 1. The van der Waals surface area contributed by atoms with Crippen LogP contribution in [-0.2, 0) is 6.42 Å². The average molecular weight is 192 g/mol. The molecule has 74 valence electrons. The smallest absolute Gasteiger partial charge is 0.316 e. The number of anilines is 1. The third-order valence-corrected chi connectivity index (χ3v) is 2.18. The first-order chi connectivity index (χ1) is 6.75. The Labute approximate surface area is 82.1 Å². The highest BCUT2D eigenvalue weighted by Crippen LogP contribution is 2.27. The van der Waals surface area contributed by atoms with Gasteiger partial charge in [-0.2, -0.15) is 0 Å². The molecule has 0 aliphatic carbocycles. The van der Waals surface area contributed by atoms with E-state index in [2.05, 4.69) is 5.32 Å². The van der Waals surface area contributed by atoms with Gasteiger partial charge >= 0.3 is 6.03 Å². The van der Waals surface area contributed by atoms with Gasteiger partial charge in [-0.1, -0.05) is 0 Å². The Hall–Kier alpha value is -1.71. The van der Waals surface area contributed by atoms with Crippen molar-refractivity contribution in [3.05, 3.63) is 23.8 Å². The van der Waals surface area contributed by atoms with E-state index in [9.17, 15) is 4.79 Å². The molecule has 1 aliphatic rings. The van der Waals surface area contributed by atoms with Crippen LogP contribution in [0.1, 0.15) is 12.0 Å². The number of nitrogens with one attached hydrogen (secondary N) is 1. The SMILES string of the molecule is NC(=O)Nc1ccc2c(c1)CCCO2. The van der Waals surface area contributed by atoms with Gasteiger partial charge in [-0.05, 0) is 36.6 Å². The molecule has 0 saturated carbocycles. The van der Waals surface area contributed by atoms with Gasteiger partial charge in [-0.25, -0.2) is 4.79 Å². The first-order valence-corrected chi connectivity index (χ1v) is 4.58. The lowest BCUT2D eigenvalue weighted by Gasteiger charge is -2.17. The quantitative estimate of drug-likeness (QED) is 0.708. The third kappa shape index (κ3) is 1.79. The summed E-state index contributed by atoms with van der Waals surface area (Å²) in [6.07, 6.45) is 2.01. The maximum Gasteiger partial charge on any atom is 0.316 e. The summed E-state index contributed by atoms with van der Waals surface area (Å²) in [5.74, 6) is 0.909. The Morgan fingerprint density at radius 3 is 3.14 bits per heavy atom. The largest absolute Gasteiger partial charge is 0.493 e. The molecule has 0 unspecified atom stereocenters. The minimum atomic E-state index is -0.540. The van der Waals surface area contributed by atoms with E-state index in [4.69, 9.17) is 10.5 Å². The maximum absolute atomic E-state index is 10.6. The van der Waals surface area contributed by atoms with E-state index in [-0.39, 0.29) is 0 Å². The number of primary amides is 1. The second-order valence-corrected chi connectivity index (χ2v) is 3.26. The number of hydrogen-bond acceptors (Lipinski definition) is 2. The molecular weight excluding hydrogens is 180 g/mol. The lowest BCUT2D eigenvalue weighted by atomic mass is 10.1. The molecule has 14 heavy (non-hydrogen) atoms. The Bertz CT molecular complexity index is 363. The molecule has 0 saturated heterocycles. The highest BCUT2D eigenvalue weighted by molar-refractivity contribution is 5.88. The van der Waals surface area contributed by atoms with Crippen LogP contribution >= 0.6 is 0 Å². The molecule has 4 nitrogen and oxygen atoms in total. The minimum Gasteiger partial charge on any atom is -0.493 e. The third-order valence-electron chi connectivity index (χ3n) is 2.18. The van der Waals surface area contributed by atoms with E-state index in [0.717, 1.165) is 36.4 Å². The van der Waals surface area contributed by atoms with Gasteiger partial charge in [0.2, 0.25) is 0 Å². The maximum atomic E-state index is 10.6. The van der Waals surface area contributed by atoms with E-state index in [0.29, 0.717) is 0 Å². The Kier molecular flexibility index (Phi) is 2.26. The van der Waals surface area contributed by atoms with Gasteiger partial charge in [-0.15, -0.1) is 0 Å². The van der Waals surface area contributed by atoms with Gasteiger partial charge in [-0.3, -0.25) is 0 Å². The summed E-state index contributed by atoms with van der Waals surface area (Å²) in [4.78, 5) is 10.6. The number of carbonyl (C=O) groups is 1. The van der Waals surface area contributed by atoms with Gasteiger partial charge < -0.3 is 15.8 Å². The minimum absolute atomic E-state index is 0.540. The number of aryl methyl sites for hydroxylation is 1. The van der Waals surface area contributed by atoms with Crippen LogP contribution < -0.4 is 15.8 Å². The number of rotatable bonds is 1. The highest BCUT2D eigenvalue weighted by Gasteiger charge is 2.10. The Morgan fingerprint density at radius 2 is 2.36 bits per heavy atom. The molecule has 0 atom stereocenters. The molecule has 1 aliphatic heterocycles. The van der Waals surface area contributed by atoms with Crippen molar-refractivity contribution in [2.45, 2.75) is 12.8 Å². The molecule has 4 heteroatoms. The normalized spacial score (nSPS) is 14.0. The topological polar surface area (TPSA) is 64.4 Å². The Balaban J connectivity index is 2.24. The van der Waals surface area contributed by atoms with Crippen molar-refractivity contribution >= 4 is 11.7 Å². The van der Waals surface area contributed by atoms with E-state index in [1.165, 1.54) is 0 Å². The molecule has 3 N–H and O–H groups in total. The van der Waals surface area contributed by atoms with E-state index >= 15 is 0 Å². The molecule has 2 rings (SSSR count). The fourth-order valence-corrected chi connectivity index (χ4v) is 1.58. The number of urea groups is 1. The molecule has 0 radical (unpaired) electrons. The van der Waals surface area contributed by atoms with Gasteiger partial charge in [0.25, 0.3) is 0 Å². The van der Waals surface area contributed by atoms with Crippen molar-refractivity contribution in [2.24, 2.45) is 5.73 Å². The Morgan fingerprint density at radius 1 is 1.50 bits per heavy atom. The monoisotopic (exact) mass is 192 g/mol. The van der Waals surface area contributed by atoms with Gasteiger partial charge in [0.05, 0.1) is 6.61 Å². The number of carbonyl (C=O) groups excluding carboxylic acids is 1. The number of amides is 2. The molecule has 0 fully saturated rings. The van der Waals surface area contributed by atoms with Crippen LogP contribution in [0.25, 0.3) is 0 Å². The van der Waals surface area contributed by atoms with Crippen LogP contribution in [0.2, 0.25) is 0 Å². The van der Waals surface area contributed by atoms with Gasteiger partial charge in [0.15, 0.2) is 0 Å². The lowest BCUT2D eigenvalue weighted by molar-refractivity contribution is 0.259. The summed E-state index contributed by atoms with van der Waals surface area (Å²) in [5, 5.41) is 2.54. The zero-order chi connectivity index (χ0) is 9.97. The first-order valence-electron chi connectivity index (χ1n) is 4.58. The summed E-state index contributed by atoms with van der Waals surface area (Å²) >= 11 is 0. The van der Waals surface area contributed by atoms with Crippen molar-refractivity contribution in [2.75, 3.05) is 11.9 Å². The molecular formula is C10H12N2O2. The molecule has 0 bridgehead atoms. The second kappa shape index (κ2) is 3.57. The van der Waals surface area contributed by atoms with Crippen LogP contribution in [-0.4, -0.2) is 12.6 Å². The molecule has 1 aromatic carbocycles. The van der Waals surface area contributed by atoms with Crippen LogP contribution in [0.3, 0.4) is 0 Å².